The summed E-state index contributed by atoms with van der Waals surface area (Å²) < 4.78 is 27.4. The van der Waals surface area contributed by atoms with E-state index in [-0.39, 0.29) is 5.56 Å². The van der Waals surface area contributed by atoms with E-state index in [9.17, 15) is 13.6 Å². The molecule has 1 amide bonds. The van der Waals surface area contributed by atoms with Gasteiger partial charge in [0.1, 0.15) is 16.7 Å². The fourth-order valence-corrected chi connectivity index (χ4v) is 4.52. The predicted octanol–water partition coefficient (Wildman–Crippen LogP) is 5.63. The number of pyridine rings is 1. The summed E-state index contributed by atoms with van der Waals surface area (Å²) >= 11 is 5.57. The summed E-state index contributed by atoms with van der Waals surface area (Å²) in [7, 11) is 4.05. The van der Waals surface area contributed by atoms with E-state index in [0.717, 1.165) is 60.2 Å². The summed E-state index contributed by atoms with van der Waals surface area (Å²) in [6.45, 7) is 0.443. The number of carbonyl (C=O) groups is 1. The van der Waals surface area contributed by atoms with Gasteiger partial charge in [-0.25, -0.2) is 13.8 Å². The van der Waals surface area contributed by atoms with Crippen LogP contribution >= 0.6 is 11.6 Å². The molecule has 4 rings (SSSR count). The van der Waals surface area contributed by atoms with Gasteiger partial charge in [0.25, 0.3) is 5.91 Å². The van der Waals surface area contributed by atoms with E-state index < -0.39 is 22.6 Å². The van der Waals surface area contributed by atoms with E-state index in [1.54, 1.807) is 0 Å². The minimum atomic E-state index is -1.03. The Morgan fingerprint density at radius 2 is 1.85 bits per heavy atom. The maximum atomic E-state index is 14.1. The van der Waals surface area contributed by atoms with Crippen molar-refractivity contribution in [2.75, 3.05) is 30.9 Å². The number of anilines is 2. The van der Waals surface area contributed by atoms with Crippen molar-refractivity contribution >= 4 is 39.9 Å². The molecule has 1 fully saturated rings. The molecule has 2 aromatic carbocycles. The second-order valence-electron chi connectivity index (χ2n) is 8.73. The van der Waals surface area contributed by atoms with E-state index in [1.807, 2.05) is 32.3 Å². The number of para-hydroxylation sites is 1. The molecule has 33 heavy (non-hydrogen) atoms. The van der Waals surface area contributed by atoms with Crippen LogP contribution in [0, 0.1) is 17.6 Å². The number of halogens is 3. The number of nitrogens with one attached hydrogen (secondary N) is 2. The molecule has 1 aliphatic carbocycles. The summed E-state index contributed by atoms with van der Waals surface area (Å²) in [5, 5.41) is 6.79. The second kappa shape index (κ2) is 9.91. The van der Waals surface area contributed by atoms with Gasteiger partial charge in [-0.2, -0.15) is 0 Å². The van der Waals surface area contributed by atoms with Gasteiger partial charge in [0.05, 0.1) is 11.1 Å². The Labute approximate surface area is 197 Å². The molecular formula is C25H27ClF2N4O. The minimum absolute atomic E-state index is 0.240. The normalized spacial score (nSPS) is 18.2. The van der Waals surface area contributed by atoms with Crippen LogP contribution in [0.1, 0.15) is 36.0 Å². The Bertz CT molecular complexity index is 1160. The number of nitrogens with zero attached hydrogens (tertiary/aromatic N) is 2. The summed E-state index contributed by atoms with van der Waals surface area (Å²) in [6.07, 6.45) is 3.75. The van der Waals surface area contributed by atoms with Crippen LogP contribution in [0.4, 0.5) is 20.3 Å². The minimum Gasteiger partial charge on any atom is -0.377 e. The van der Waals surface area contributed by atoms with Crippen molar-refractivity contribution in [3.05, 3.63) is 64.7 Å². The first-order valence-electron chi connectivity index (χ1n) is 11.1. The molecular weight excluding hydrogens is 446 g/mol. The zero-order valence-electron chi connectivity index (χ0n) is 18.7. The molecule has 0 radical (unpaired) electrons. The number of hydrogen-bond donors (Lipinski definition) is 2. The molecule has 0 unspecified atom stereocenters. The Morgan fingerprint density at radius 3 is 2.58 bits per heavy atom. The van der Waals surface area contributed by atoms with Gasteiger partial charge in [-0.15, -0.1) is 0 Å². The monoisotopic (exact) mass is 472 g/mol. The highest BCUT2D eigenvalue weighted by molar-refractivity contribution is 6.31. The molecule has 1 saturated carbocycles. The number of fused-ring (bicyclic) bond motifs is 1. The van der Waals surface area contributed by atoms with Crippen LogP contribution in [-0.4, -0.2) is 37.6 Å². The van der Waals surface area contributed by atoms with Crippen molar-refractivity contribution in [3.63, 3.8) is 0 Å². The summed E-state index contributed by atoms with van der Waals surface area (Å²) in [6, 6.07) is 12.6. The second-order valence-corrected chi connectivity index (χ2v) is 9.11. The van der Waals surface area contributed by atoms with E-state index in [2.05, 4.69) is 27.7 Å². The van der Waals surface area contributed by atoms with Gasteiger partial charge >= 0.3 is 0 Å². The third kappa shape index (κ3) is 5.19. The Morgan fingerprint density at radius 1 is 1.12 bits per heavy atom. The lowest BCUT2D eigenvalue weighted by Gasteiger charge is -2.30. The first-order chi connectivity index (χ1) is 15.8. The standard InChI is InChI=1S/C25H27ClF2N4O/c1-32(2)21-13-22(31-20-6-4-3-5-17(20)21)30-16-9-7-15(8-10-16)14-29-25(33)18-11-12-19(27)23(26)24(18)28/h3-6,11-13,15-16H,7-10,14H2,1-2H3,(H,29,33)(H,30,31)/t15-,16+. The van der Waals surface area contributed by atoms with Gasteiger partial charge in [0, 0.05) is 43.8 Å². The lowest BCUT2D eigenvalue weighted by molar-refractivity contribution is 0.0939. The molecule has 1 aromatic heterocycles. The smallest absolute Gasteiger partial charge is 0.254 e. The van der Waals surface area contributed by atoms with Crippen molar-refractivity contribution in [1.29, 1.82) is 0 Å². The number of rotatable bonds is 6. The Balaban J connectivity index is 1.32. The molecule has 174 valence electrons. The lowest BCUT2D eigenvalue weighted by Crippen LogP contribution is -2.34. The summed E-state index contributed by atoms with van der Waals surface area (Å²) in [5.74, 6) is -1.32. The van der Waals surface area contributed by atoms with Gasteiger partial charge in [-0.3, -0.25) is 4.79 Å². The zero-order valence-corrected chi connectivity index (χ0v) is 19.4. The third-order valence-corrected chi connectivity index (χ3v) is 6.55. The first-order valence-corrected chi connectivity index (χ1v) is 11.5. The molecule has 0 atom stereocenters. The number of aromatic nitrogens is 1. The van der Waals surface area contributed by atoms with Crippen molar-refractivity contribution < 1.29 is 13.6 Å². The first kappa shape index (κ1) is 23.2. The molecule has 0 bridgehead atoms. The van der Waals surface area contributed by atoms with Crippen LogP contribution in [0.25, 0.3) is 10.9 Å². The van der Waals surface area contributed by atoms with Crippen molar-refractivity contribution in [3.8, 4) is 0 Å². The van der Waals surface area contributed by atoms with Crippen LogP contribution in [0.15, 0.2) is 42.5 Å². The topological polar surface area (TPSA) is 57.3 Å². The summed E-state index contributed by atoms with van der Waals surface area (Å²) in [4.78, 5) is 19.2. The maximum Gasteiger partial charge on any atom is 0.254 e. The van der Waals surface area contributed by atoms with Gasteiger partial charge < -0.3 is 15.5 Å². The van der Waals surface area contributed by atoms with E-state index in [1.165, 1.54) is 0 Å². The SMILES string of the molecule is CN(C)c1cc(N[C@H]2CC[C@@H](CNC(=O)c3ccc(F)c(Cl)c3F)CC2)nc2ccccc12. The van der Waals surface area contributed by atoms with E-state index >= 15 is 0 Å². The highest BCUT2D eigenvalue weighted by atomic mass is 35.5. The van der Waals surface area contributed by atoms with Gasteiger partial charge in [0.15, 0.2) is 5.82 Å². The van der Waals surface area contributed by atoms with E-state index in [4.69, 9.17) is 16.6 Å². The Hall–Kier alpha value is -2.93. The number of benzene rings is 2. The van der Waals surface area contributed by atoms with Gasteiger partial charge in [-0.05, 0) is 49.8 Å². The van der Waals surface area contributed by atoms with Crippen LogP contribution in [-0.2, 0) is 0 Å². The number of hydrogen-bond acceptors (Lipinski definition) is 4. The van der Waals surface area contributed by atoms with Crippen molar-refractivity contribution in [2.24, 2.45) is 5.92 Å². The number of carbonyl (C=O) groups excluding carboxylic acids is 1. The third-order valence-electron chi connectivity index (χ3n) is 6.21. The fraction of sp³-hybridized carbons (Fsp3) is 0.360. The molecule has 8 heteroatoms. The molecule has 0 aliphatic heterocycles. The van der Waals surface area contributed by atoms with E-state index in [0.29, 0.717) is 18.5 Å². The average Bonchev–Trinajstić information content (AvgIpc) is 2.81. The Kier molecular flexibility index (Phi) is 6.98. The quantitative estimate of drug-likeness (QED) is 0.456. The zero-order chi connectivity index (χ0) is 23.5. The van der Waals surface area contributed by atoms with Gasteiger partial charge in [-0.1, -0.05) is 29.8 Å². The highest BCUT2D eigenvalue weighted by Gasteiger charge is 2.23. The molecule has 1 aliphatic rings. The molecule has 3 aromatic rings. The average molecular weight is 473 g/mol. The highest BCUT2D eigenvalue weighted by Crippen LogP contribution is 2.30. The molecule has 0 spiro atoms. The molecule has 5 nitrogen and oxygen atoms in total. The number of amides is 1. The summed E-state index contributed by atoms with van der Waals surface area (Å²) in [5.41, 5.74) is 1.83. The molecule has 2 N–H and O–H groups in total. The van der Waals surface area contributed by atoms with Crippen LogP contribution in [0.5, 0.6) is 0 Å². The van der Waals surface area contributed by atoms with Crippen LogP contribution in [0.2, 0.25) is 5.02 Å². The fourth-order valence-electron chi connectivity index (χ4n) is 4.35. The maximum absolute atomic E-state index is 14.1. The lowest BCUT2D eigenvalue weighted by atomic mass is 9.86. The van der Waals surface area contributed by atoms with Crippen molar-refractivity contribution in [2.45, 2.75) is 31.7 Å². The largest absolute Gasteiger partial charge is 0.377 e. The van der Waals surface area contributed by atoms with Crippen LogP contribution < -0.4 is 15.5 Å². The van der Waals surface area contributed by atoms with Crippen LogP contribution in [0.3, 0.4) is 0 Å². The molecule has 0 saturated heterocycles. The van der Waals surface area contributed by atoms with Gasteiger partial charge in [0.2, 0.25) is 0 Å². The predicted molar refractivity (Wildman–Crippen MR) is 129 cm³/mol. The molecule has 1 heterocycles. The van der Waals surface area contributed by atoms with Crippen molar-refractivity contribution in [1.82, 2.24) is 10.3 Å².